The maximum atomic E-state index is 5.62. The summed E-state index contributed by atoms with van der Waals surface area (Å²) < 4.78 is 5.62. The van der Waals surface area contributed by atoms with Crippen LogP contribution in [0.3, 0.4) is 0 Å². The normalized spacial score (nSPS) is 14.4. The van der Waals surface area contributed by atoms with Crippen LogP contribution >= 0.6 is 0 Å². The summed E-state index contributed by atoms with van der Waals surface area (Å²) in [6, 6.07) is 6.23. The smallest absolute Gasteiger partial charge is 0.121 e. The second-order valence-electron chi connectivity index (χ2n) is 3.88. The molecule has 1 aromatic carbocycles. The second-order valence-corrected chi connectivity index (χ2v) is 3.88. The Balaban J connectivity index is 2.19. The van der Waals surface area contributed by atoms with E-state index < -0.39 is 0 Å². The maximum absolute atomic E-state index is 5.62. The van der Waals surface area contributed by atoms with Crippen molar-refractivity contribution in [1.29, 1.82) is 0 Å². The van der Waals surface area contributed by atoms with Gasteiger partial charge in [0.2, 0.25) is 0 Å². The molecule has 0 fully saturated rings. The summed E-state index contributed by atoms with van der Waals surface area (Å²) in [5, 5.41) is 3.38. The number of ether oxygens (including phenoxy) is 1. The topological polar surface area (TPSA) is 24.5 Å². The molecular weight excluding hydrogens is 188 g/mol. The molecule has 0 bridgehead atoms. The van der Waals surface area contributed by atoms with E-state index in [-0.39, 0.29) is 0 Å². The van der Waals surface area contributed by atoms with Crippen molar-refractivity contribution in [3.8, 4) is 5.75 Å². The molecule has 0 amide bonds. The van der Waals surface area contributed by atoms with Gasteiger partial charge in [-0.1, -0.05) is 6.92 Å². The molecule has 0 atom stereocenters. The zero-order chi connectivity index (χ0) is 10.7. The highest BCUT2D eigenvalue weighted by Gasteiger charge is 2.13. The van der Waals surface area contributed by atoms with E-state index in [9.17, 15) is 0 Å². The number of nitrogens with one attached hydrogen (secondary N) is 1. The molecule has 0 spiro atoms. The molecule has 1 heterocycles. The largest absolute Gasteiger partial charge is 0.494 e. The lowest BCUT2D eigenvalue weighted by Crippen LogP contribution is -2.30. The van der Waals surface area contributed by atoms with Crippen LogP contribution in [-0.2, 0) is 0 Å². The van der Waals surface area contributed by atoms with E-state index in [0.717, 1.165) is 31.9 Å². The van der Waals surface area contributed by atoms with Crippen LogP contribution in [0, 0.1) is 0 Å². The molecule has 0 radical (unpaired) electrons. The summed E-state index contributed by atoms with van der Waals surface area (Å²) in [6.45, 7) is 4.96. The first kappa shape index (κ1) is 10.1. The second kappa shape index (κ2) is 4.43. The van der Waals surface area contributed by atoms with Crippen LogP contribution in [0.5, 0.6) is 5.75 Å². The first-order chi connectivity index (χ1) is 7.31. The minimum atomic E-state index is 0.788. The van der Waals surface area contributed by atoms with Gasteiger partial charge in [-0.2, -0.15) is 0 Å². The van der Waals surface area contributed by atoms with Crippen molar-refractivity contribution >= 4 is 11.4 Å². The third-order valence-corrected chi connectivity index (χ3v) is 2.62. The first-order valence-electron chi connectivity index (χ1n) is 5.53. The summed E-state index contributed by atoms with van der Waals surface area (Å²) in [4.78, 5) is 2.25. The van der Waals surface area contributed by atoms with Gasteiger partial charge in [-0.25, -0.2) is 0 Å². The molecule has 1 N–H and O–H groups in total. The van der Waals surface area contributed by atoms with Crippen molar-refractivity contribution in [1.82, 2.24) is 0 Å². The molecule has 0 aromatic heterocycles. The van der Waals surface area contributed by atoms with Gasteiger partial charge in [-0.3, -0.25) is 0 Å². The fourth-order valence-corrected chi connectivity index (χ4v) is 1.77. The summed E-state index contributed by atoms with van der Waals surface area (Å²) in [7, 11) is 2.11. The van der Waals surface area contributed by atoms with E-state index in [1.807, 2.05) is 6.07 Å². The van der Waals surface area contributed by atoms with Crippen molar-refractivity contribution < 1.29 is 4.74 Å². The van der Waals surface area contributed by atoms with Crippen molar-refractivity contribution in [2.75, 3.05) is 37.0 Å². The van der Waals surface area contributed by atoms with Crippen molar-refractivity contribution in [2.24, 2.45) is 0 Å². The molecule has 3 nitrogen and oxygen atoms in total. The number of anilines is 2. The molecular formula is C12H18N2O. The molecule has 0 unspecified atom stereocenters. The van der Waals surface area contributed by atoms with Gasteiger partial charge in [0.25, 0.3) is 0 Å². The Labute approximate surface area is 91.0 Å². The number of nitrogens with zero attached hydrogens (tertiary/aromatic N) is 1. The quantitative estimate of drug-likeness (QED) is 0.821. The molecule has 2 rings (SSSR count). The van der Waals surface area contributed by atoms with Crippen molar-refractivity contribution in [3.05, 3.63) is 18.2 Å². The van der Waals surface area contributed by atoms with Gasteiger partial charge in [0, 0.05) is 26.2 Å². The number of hydrogen-bond donors (Lipinski definition) is 1. The Morgan fingerprint density at radius 2 is 2.33 bits per heavy atom. The van der Waals surface area contributed by atoms with Gasteiger partial charge in [-0.15, -0.1) is 0 Å². The van der Waals surface area contributed by atoms with Gasteiger partial charge in [0.1, 0.15) is 5.75 Å². The highest BCUT2D eigenvalue weighted by atomic mass is 16.5. The van der Waals surface area contributed by atoms with Crippen LogP contribution in [0.4, 0.5) is 11.4 Å². The minimum Gasteiger partial charge on any atom is -0.494 e. The molecule has 1 aliphatic heterocycles. The predicted octanol–water partition coefficient (Wildman–Crippen LogP) is 2.34. The zero-order valence-corrected chi connectivity index (χ0v) is 9.42. The number of fused-ring (bicyclic) bond motifs is 1. The molecule has 0 saturated heterocycles. The maximum Gasteiger partial charge on any atom is 0.121 e. The number of likely N-dealkylation sites (N-methyl/N-ethyl adjacent to an activating group) is 1. The van der Waals surface area contributed by atoms with E-state index in [0.29, 0.717) is 0 Å². The van der Waals surface area contributed by atoms with Crippen LogP contribution in [0.15, 0.2) is 18.2 Å². The average molecular weight is 206 g/mol. The molecule has 15 heavy (non-hydrogen) atoms. The minimum absolute atomic E-state index is 0.788. The highest BCUT2D eigenvalue weighted by Crippen LogP contribution is 2.31. The Hall–Kier alpha value is -1.38. The lowest BCUT2D eigenvalue weighted by molar-refractivity contribution is 0.317. The molecule has 82 valence electrons. The van der Waals surface area contributed by atoms with E-state index in [2.05, 4.69) is 36.3 Å². The SMILES string of the molecule is CCCOc1ccc2c(c1)N(C)CCN2. The van der Waals surface area contributed by atoms with E-state index in [1.165, 1.54) is 11.4 Å². The van der Waals surface area contributed by atoms with Crippen LogP contribution in [0.25, 0.3) is 0 Å². The van der Waals surface area contributed by atoms with E-state index in [4.69, 9.17) is 4.74 Å². The predicted molar refractivity (Wildman–Crippen MR) is 64.0 cm³/mol. The lowest BCUT2D eigenvalue weighted by atomic mass is 10.2. The number of rotatable bonds is 3. The van der Waals surface area contributed by atoms with E-state index in [1.54, 1.807) is 0 Å². The number of hydrogen-bond acceptors (Lipinski definition) is 3. The van der Waals surface area contributed by atoms with Gasteiger partial charge in [-0.05, 0) is 18.6 Å². The van der Waals surface area contributed by atoms with Crippen LogP contribution in [-0.4, -0.2) is 26.7 Å². The molecule has 1 aromatic rings. The summed E-state index contributed by atoms with van der Waals surface area (Å²) >= 11 is 0. The Bertz CT molecular complexity index is 338. The van der Waals surface area contributed by atoms with Gasteiger partial charge < -0.3 is 15.0 Å². The fraction of sp³-hybridized carbons (Fsp3) is 0.500. The average Bonchev–Trinajstić information content (AvgIpc) is 2.27. The third-order valence-electron chi connectivity index (χ3n) is 2.62. The van der Waals surface area contributed by atoms with Crippen LogP contribution < -0.4 is 15.0 Å². The molecule has 0 saturated carbocycles. The molecule has 0 aliphatic carbocycles. The molecule has 1 aliphatic rings. The summed E-state index contributed by atoms with van der Waals surface area (Å²) in [6.07, 6.45) is 1.05. The molecule has 3 heteroatoms. The lowest BCUT2D eigenvalue weighted by Gasteiger charge is -2.28. The van der Waals surface area contributed by atoms with Gasteiger partial charge >= 0.3 is 0 Å². The highest BCUT2D eigenvalue weighted by molar-refractivity contribution is 5.73. The van der Waals surface area contributed by atoms with Crippen molar-refractivity contribution in [2.45, 2.75) is 13.3 Å². The zero-order valence-electron chi connectivity index (χ0n) is 9.42. The number of benzene rings is 1. The summed E-state index contributed by atoms with van der Waals surface area (Å²) in [5.74, 6) is 0.964. The van der Waals surface area contributed by atoms with Gasteiger partial charge in [0.05, 0.1) is 18.0 Å². The summed E-state index contributed by atoms with van der Waals surface area (Å²) in [5.41, 5.74) is 2.43. The standard InChI is InChI=1S/C12H18N2O/c1-3-8-15-10-4-5-11-12(9-10)14(2)7-6-13-11/h4-5,9,13H,3,6-8H2,1-2H3. The van der Waals surface area contributed by atoms with E-state index >= 15 is 0 Å². The first-order valence-corrected chi connectivity index (χ1v) is 5.53. The monoisotopic (exact) mass is 206 g/mol. The third kappa shape index (κ3) is 2.17. The Kier molecular flexibility index (Phi) is 2.99. The van der Waals surface area contributed by atoms with Crippen molar-refractivity contribution in [3.63, 3.8) is 0 Å². The van der Waals surface area contributed by atoms with Crippen LogP contribution in [0.1, 0.15) is 13.3 Å². The Morgan fingerprint density at radius 3 is 3.13 bits per heavy atom. The van der Waals surface area contributed by atoms with Gasteiger partial charge in [0.15, 0.2) is 0 Å². The Morgan fingerprint density at radius 1 is 1.47 bits per heavy atom. The fourth-order valence-electron chi connectivity index (χ4n) is 1.77. The van der Waals surface area contributed by atoms with Crippen LogP contribution in [0.2, 0.25) is 0 Å².